The highest BCUT2D eigenvalue weighted by atomic mass is 16.5. The fourth-order valence-corrected chi connectivity index (χ4v) is 2.99. The van der Waals surface area contributed by atoms with E-state index in [0.29, 0.717) is 23.5 Å². The Hall–Kier alpha value is -2.82. The van der Waals surface area contributed by atoms with Crippen LogP contribution in [0.2, 0.25) is 0 Å². The van der Waals surface area contributed by atoms with Crippen LogP contribution in [0.15, 0.2) is 48.5 Å². The molecule has 0 aromatic heterocycles. The number of carbonyl (C=O) groups excluding carboxylic acids is 2. The van der Waals surface area contributed by atoms with Gasteiger partial charge < -0.3 is 15.0 Å². The molecule has 0 atom stereocenters. The summed E-state index contributed by atoms with van der Waals surface area (Å²) in [6, 6.07) is 15.4. The largest absolute Gasteiger partial charge is 0.479 e. The summed E-state index contributed by atoms with van der Waals surface area (Å²) in [4.78, 5) is 25.9. The lowest BCUT2D eigenvalue weighted by atomic mass is 9.81. The zero-order valence-corrected chi connectivity index (χ0v) is 14.7. The zero-order valence-electron chi connectivity index (χ0n) is 14.7. The van der Waals surface area contributed by atoms with Gasteiger partial charge in [-0.25, -0.2) is 0 Å². The summed E-state index contributed by atoms with van der Waals surface area (Å²) in [5.41, 5.74) is 2.08. The van der Waals surface area contributed by atoms with Crippen molar-refractivity contribution in [3.8, 4) is 5.75 Å². The van der Waals surface area contributed by atoms with Crippen LogP contribution in [-0.4, -0.2) is 25.5 Å². The van der Waals surface area contributed by atoms with E-state index in [1.165, 1.54) is 0 Å². The first-order valence-corrected chi connectivity index (χ1v) is 8.26. The van der Waals surface area contributed by atoms with E-state index in [4.69, 9.17) is 4.74 Å². The van der Waals surface area contributed by atoms with Crippen LogP contribution in [0.4, 0.5) is 11.4 Å². The van der Waals surface area contributed by atoms with Gasteiger partial charge in [0.25, 0.3) is 5.91 Å². The maximum atomic E-state index is 12.6. The minimum Gasteiger partial charge on any atom is -0.479 e. The molecule has 3 rings (SSSR count). The lowest BCUT2D eigenvalue weighted by molar-refractivity contribution is -0.121. The Morgan fingerprint density at radius 2 is 1.88 bits per heavy atom. The topological polar surface area (TPSA) is 58.6 Å². The number of para-hydroxylation sites is 1. The molecular formula is C20H22N2O3. The number of benzene rings is 2. The predicted molar refractivity (Wildman–Crippen MR) is 98.1 cm³/mol. The van der Waals surface area contributed by atoms with Crippen LogP contribution in [0.1, 0.15) is 25.8 Å². The van der Waals surface area contributed by atoms with Gasteiger partial charge in [-0.05, 0) is 23.1 Å². The van der Waals surface area contributed by atoms with E-state index in [2.05, 4.69) is 5.32 Å². The molecule has 5 heteroatoms. The summed E-state index contributed by atoms with van der Waals surface area (Å²) in [6.45, 7) is 4.07. The Kier molecular flexibility index (Phi) is 4.49. The second kappa shape index (κ2) is 6.59. The number of anilines is 2. The normalized spacial score (nSPS) is 13.9. The summed E-state index contributed by atoms with van der Waals surface area (Å²) in [5.74, 6) is 0.335. The molecule has 0 saturated carbocycles. The first kappa shape index (κ1) is 17.0. The molecule has 25 heavy (non-hydrogen) atoms. The highest BCUT2D eigenvalue weighted by Crippen LogP contribution is 2.38. The van der Waals surface area contributed by atoms with Crippen molar-refractivity contribution in [1.82, 2.24) is 0 Å². The van der Waals surface area contributed by atoms with Gasteiger partial charge in [0.1, 0.15) is 0 Å². The Morgan fingerprint density at radius 3 is 2.60 bits per heavy atom. The van der Waals surface area contributed by atoms with Crippen molar-refractivity contribution >= 4 is 23.2 Å². The van der Waals surface area contributed by atoms with E-state index < -0.39 is 0 Å². The van der Waals surface area contributed by atoms with Gasteiger partial charge in [-0.2, -0.15) is 0 Å². The van der Waals surface area contributed by atoms with E-state index in [-0.39, 0.29) is 23.8 Å². The summed E-state index contributed by atoms with van der Waals surface area (Å²) < 4.78 is 5.55. The smallest absolute Gasteiger partial charge is 0.264 e. The van der Waals surface area contributed by atoms with E-state index in [1.54, 1.807) is 30.1 Å². The van der Waals surface area contributed by atoms with Gasteiger partial charge in [-0.3, -0.25) is 9.59 Å². The monoisotopic (exact) mass is 338 g/mol. The number of likely N-dealkylation sites (N-methyl/N-ethyl adjacent to an activating group) is 1. The third-order valence-corrected chi connectivity index (χ3v) is 4.50. The molecule has 0 radical (unpaired) electrons. The molecule has 1 aliphatic rings. The van der Waals surface area contributed by atoms with Crippen LogP contribution in [0.5, 0.6) is 5.75 Å². The van der Waals surface area contributed by atoms with Gasteiger partial charge in [0.15, 0.2) is 12.4 Å². The SMILES string of the molecule is CN1C(=O)COc2c(NC(=O)CC(C)(C)c3ccccc3)cccc21. The standard InChI is InChI=1S/C20H22N2O3/c1-20(2,14-8-5-4-6-9-14)12-17(23)21-15-10-7-11-16-19(15)25-13-18(24)22(16)3/h4-11H,12-13H2,1-3H3,(H,21,23). The summed E-state index contributed by atoms with van der Waals surface area (Å²) in [6.07, 6.45) is 0.343. The molecule has 1 heterocycles. The lowest BCUT2D eigenvalue weighted by Gasteiger charge is -2.28. The van der Waals surface area contributed by atoms with Gasteiger partial charge in [-0.15, -0.1) is 0 Å². The Bertz CT molecular complexity index is 800. The number of amides is 2. The number of fused-ring (bicyclic) bond motifs is 1. The van der Waals surface area contributed by atoms with Crippen molar-refractivity contribution in [2.24, 2.45) is 0 Å². The average Bonchev–Trinajstić information content (AvgIpc) is 2.59. The van der Waals surface area contributed by atoms with Gasteiger partial charge >= 0.3 is 0 Å². The first-order valence-electron chi connectivity index (χ1n) is 8.26. The number of nitrogens with zero attached hydrogens (tertiary/aromatic N) is 1. The molecule has 2 aromatic rings. The summed E-state index contributed by atoms with van der Waals surface area (Å²) >= 11 is 0. The molecule has 2 amide bonds. The third kappa shape index (κ3) is 3.50. The minimum atomic E-state index is -0.284. The van der Waals surface area contributed by atoms with Crippen LogP contribution in [0.25, 0.3) is 0 Å². The Morgan fingerprint density at radius 1 is 1.16 bits per heavy atom. The predicted octanol–water partition coefficient (Wildman–Crippen LogP) is 3.35. The van der Waals surface area contributed by atoms with Crippen molar-refractivity contribution in [2.75, 3.05) is 23.9 Å². The number of hydrogen-bond donors (Lipinski definition) is 1. The summed E-state index contributed by atoms with van der Waals surface area (Å²) in [7, 11) is 1.70. The van der Waals surface area contributed by atoms with Crippen molar-refractivity contribution in [2.45, 2.75) is 25.7 Å². The maximum absolute atomic E-state index is 12.6. The molecule has 130 valence electrons. The number of ether oxygens (including phenoxy) is 1. The van der Waals surface area contributed by atoms with Crippen molar-refractivity contribution in [3.63, 3.8) is 0 Å². The number of hydrogen-bond acceptors (Lipinski definition) is 3. The van der Waals surface area contributed by atoms with Gasteiger partial charge in [0, 0.05) is 13.5 Å². The molecule has 1 N–H and O–H groups in total. The van der Waals surface area contributed by atoms with Crippen molar-refractivity contribution in [1.29, 1.82) is 0 Å². The van der Waals surface area contributed by atoms with E-state index in [9.17, 15) is 9.59 Å². The molecule has 2 aromatic carbocycles. The molecule has 0 unspecified atom stereocenters. The summed E-state index contributed by atoms with van der Waals surface area (Å²) in [5, 5.41) is 2.93. The maximum Gasteiger partial charge on any atom is 0.264 e. The van der Waals surface area contributed by atoms with Crippen molar-refractivity contribution < 1.29 is 14.3 Å². The minimum absolute atomic E-state index is 0.0219. The highest BCUT2D eigenvalue weighted by molar-refractivity contribution is 6.01. The molecule has 0 aliphatic carbocycles. The second-order valence-electron chi connectivity index (χ2n) is 6.87. The van der Waals surface area contributed by atoms with Gasteiger partial charge in [0.2, 0.25) is 5.91 Å². The number of nitrogens with one attached hydrogen (secondary N) is 1. The van der Waals surface area contributed by atoms with Crippen molar-refractivity contribution in [3.05, 3.63) is 54.1 Å². The molecule has 0 fully saturated rings. The van der Waals surface area contributed by atoms with Crippen LogP contribution < -0.4 is 15.0 Å². The lowest BCUT2D eigenvalue weighted by Crippen LogP contribution is -2.36. The second-order valence-corrected chi connectivity index (χ2v) is 6.87. The quantitative estimate of drug-likeness (QED) is 0.930. The van der Waals surface area contributed by atoms with Gasteiger partial charge in [0.05, 0.1) is 11.4 Å². The highest BCUT2D eigenvalue weighted by Gasteiger charge is 2.27. The van der Waals surface area contributed by atoms with E-state index in [1.807, 2.05) is 44.2 Å². The number of rotatable bonds is 4. The van der Waals surface area contributed by atoms with E-state index in [0.717, 1.165) is 5.56 Å². The molecule has 5 nitrogen and oxygen atoms in total. The van der Waals surface area contributed by atoms with Crippen LogP contribution in [0, 0.1) is 0 Å². The molecule has 0 bridgehead atoms. The zero-order chi connectivity index (χ0) is 18.0. The van der Waals surface area contributed by atoms with E-state index >= 15 is 0 Å². The Balaban J connectivity index is 1.77. The number of carbonyl (C=O) groups is 2. The average molecular weight is 338 g/mol. The van der Waals surface area contributed by atoms with Crippen LogP contribution in [0.3, 0.4) is 0 Å². The van der Waals surface area contributed by atoms with Crippen LogP contribution in [-0.2, 0) is 15.0 Å². The van der Waals surface area contributed by atoms with Crippen LogP contribution >= 0.6 is 0 Å². The molecule has 0 saturated heterocycles. The molecule has 0 spiro atoms. The third-order valence-electron chi connectivity index (χ3n) is 4.50. The first-order chi connectivity index (χ1) is 11.9. The Labute approximate surface area is 147 Å². The van der Waals surface area contributed by atoms with Gasteiger partial charge in [-0.1, -0.05) is 50.2 Å². The fourth-order valence-electron chi connectivity index (χ4n) is 2.99. The molecular weight excluding hydrogens is 316 g/mol. The molecule has 1 aliphatic heterocycles. The fraction of sp³-hybridized carbons (Fsp3) is 0.300.